The molecule has 1 amide bonds. The number of hydrogen-bond donors (Lipinski definition) is 0. The summed E-state index contributed by atoms with van der Waals surface area (Å²) >= 11 is 0. The molecule has 26 heavy (non-hydrogen) atoms. The number of piperidine rings is 2. The molecule has 5 heteroatoms. The van der Waals surface area contributed by atoms with Crippen molar-refractivity contribution < 1.29 is 4.79 Å². The maximum absolute atomic E-state index is 12.7. The Morgan fingerprint density at radius 1 is 1.08 bits per heavy atom. The Hall–Kier alpha value is -2.27. The molecular formula is C21H28N4O. The standard InChI is InChI=1S/C21H28N4O/c1-22-19(8-13-23-18-6-4-3-5-7-18)20(26)25-16-11-21(12-17-25)9-14-24(2)15-10-21/h3-8,13H,1,9-12,14-17H2,2H3/b19-8-,23-13-. The van der Waals surface area contributed by atoms with E-state index in [0.29, 0.717) is 11.1 Å². The van der Waals surface area contributed by atoms with E-state index in [1.165, 1.54) is 25.9 Å². The van der Waals surface area contributed by atoms with Crippen molar-refractivity contribution in [2.75, 3.05) is 33.2 Å². The first-order valence-corrected chi connectivity index (χ1v) is 9.36. The maximum atomic E-state index is 12.7. The van der Waals surface area contributed by atoms with Gasteiger partial charge in [0.25, 0.3) is 5.91 Å². The second-order valence-electron chi connectivity index (χ2n) is 7.42. The normalized spacial score (nSPS) is 21.3. The van der Waals surface area contributed by atoms with Gasteiger partial charge in [-0.05, 0) is 76.2 Å². The molecule has 1 aromatic carbocycles. The number of likely N-dealkylation sites (tertiary alicyclic amines) is 2. The highest BCUT2D eigenvalue weighted by Crippen LogP contribution is 2.41. The minimum atomic E-state index is -0.0395. The minimum Gasteiger partial charge on any atom is -0.337 e. The first kappa shape index (κ1) is 18.5. The highest BCUT2D eigenvalue weighted by molar-refractivity contribution is 5.97. The Labute approximate surface area is 156 Å². The summed E-state index contributed by atoms with van der Waals surface area (Å²) in [4.78, 5) is 25.3. The zero-order valence-corrected chi connectivity index (χ0v) is 15.6. The Bertz CT molecular complexity index is 677. The van der Waals surface area contributed by atoms with Gasteiger partial charge in [0.15, 0.2) is 0 Å². The van der Waals surface area contributed by atoms with Crippen LogP contribution >= 0.6 is 0 Å². The summed E-state index contributed by atoms with van der Waals surface area (Å²) in [6, 6.07) is 9.64. The van der Waals surface area contributed by atoms with E-state index in [9.17, 15) is 4.79 Å². The van der Waals surface area contributed by atoms with Crippen LogP contribution in [0.25, 0.3) is 0 Å². The predicted molar refractivity (Wildman–Crippen MR) is 107 cm³/mol. The van der Waals surface area contributed by atoms with E-state index in [4.69, 9.17) is 0 Å². The van der Waals surface area contributed by atoms with Crippen molar-refractivity contribution >= 4 is 24.5 Å². The summed E-state index contributed by atoms with van der Waals surface area (Å²) in [6.07, 6.45) is 7.96. The van der Waals surface area contributed by atoms with E-state index < -0.39 is 0 Å². The van der Waals surface area contributed by atoms with E-state index in [2.05, 4.69) is 28.6 Å². The van der Waals surface area contributed by atoms with Crippen LogP contribution in [0.15, 0.2) is 52.1 Å². The van der Waals surface area contributed by atoms with Gasteiger partial charge in [0, 0.05) is 19.3 Å². The lowest BCUT2D eigenvalue weighted by Crippen LogP contribution is -2.47. The van der Waals surface area contributed by atoms with Crippen molar-refractivity contribution in [1.82, 2.24) is 9.80 Å². The molecule has 2 heterocycles. The number of hydrogen-bond acceptors (Lipinski definition) is 4. The second kappa shape index (κ2) is 8.41. The fourth-order valence-corrected chi connectivity index (χ4v) is 3.84. The van der Waals surface area contributed by atoms with Crippen LogP contribution in [0.5, 0.6) is 0 Å². The van der Waals surface area contributed by atoms with Crippen LogP contribution in [-0.4, -0.2) is 61.9 Å². The Balaban J connectivity index is 1.58. The molecule has 0 unspecified atom stereocenters. The molecule has 2 saturated heterocycles. The number of amides is 1. The average Bonchev–Trinajstić information content (AvgIpc) is 2.69. The third-order valence-corrected chi connectivity index (χ3v) is 5.76. The largest absolute Gasteiger partial charge is 0.337 e. The molecule has 5 nitrogen and oxygen atoms in total. The van der Waals surface area contributed by atoms with Gasteiger partial charge in [-0.25, -0.2) is 0 Å². The molecule has 1 spiro atoms. The summed E-state index contributed by atoms with van der Waals surface area (Å²) in [5, 5.41) is 0. The number of benzene rings is 1. The van der Waals surface area contributed by atoms with Gasteiger partial charge in [-0.15, -0.1) is 0 Å². The molecule has 2 aliphatic rings. The molecule has 0 aliphatic carbocycles. The summed E-state index contributed by atoms with van der Waals surface area (Å²) in [6.45, 7) is 7.52. The molecule has 138 valence electrons. The molecule has 2 fully saturated rings. The summed E-state index contributed by atoms with van der Waals surface area (Å²) in [5.74, 6) is -0.0395. The van der Waals surface area contributed by atoms with E-state index in [1.54, 1.807) is 12.3 Å². The number of carbonyl (C=O) groups is 1. The van der Waals surface area contributed by atoms with Crippen LogP contribution in [0.2, 0.25) is 0 Å². The second-order valence-corrected chi connectivity index (χ2v) is 7.42. The zero-order chi connectivity index (χ0) is 18.4. The van der Waals surface area contributed by atoms with E-state index in [1.807, 2.05) is 35.2 Å². The third kappa shape index (κ3) is 4.47. The molecule has 0 bridgehead atoms. The van der Waals surface area contributed by atoms with Gasteiger partial charge in [-0.1, -0.05) is 18.2 Å². The highest BCUT2D eigenvalue weighted by atomic mass is 16.2. The van der Waals surface area contributed by atoms with Gasteiger partial charge in [-0.3, -0.25) is 14.8 Å². The summed E-state index contributed by atoms with van der Waals surface area (Å²) in [5.41, 5.74) is 1.65. The molecule has 3 rings (SSSR count). The molecule has 2 aliphatic heterocycles. The van der Waals surface area contributed by atoms with E-state index in [-0.39, 0.29) is 5.91 Å². The quantitative estimate of drug-likeness (QED) is 0.616. The van der Waals surface area contributed by atoms with Crippen LogP contribution in [0.3, 0.4) is 0 Å². The Kier molecular flexibility index (Phi) is 5.99. The van der Waals surface area contributed by atoms with Crippen LogP contribution in [-0.2, 0) is 4.79 Å². The van der Waals surface area contributed by atoms with E-state index >= 15 is 0 Å². The molecule has 0 radical (unpaired) electrons. The number of allylic oxidation sites excluding steroid dienone is 1. The Morgan fingerprint density at radius 3 is 2.31 bits per heavy atom. The van der Waals surface area contributed by atoms with E-state index in [0.717, 1.165) is 31.6 Å². The summed E-state index contributed by atoms with van der Waals surface area (Å²) < 4.78 is 0. The lowest BCUT2D eigenvalue weighted by atomic mass is 9.71. The molecule has 0 N–H and O–H groups in total. The predicted octanol–water partition coefficient (Wildman–Crippen LogP) is 3.31. The first-order valence-electron chi connectivity index (χ1n) is 9.36. The third-order valence-electron chi connectivity index (χ3n) is 5.76. The smallest absolute Gasteiger partial charge is 0.272 e. The SMILES string of the molecule is C=N/C(=C\C=N/c1ccccc1)C(=O)N1CCC2(CCN(C)CC2)CC1. The van der Waals surface area contributed by atoms with Gasteiger partial charge in [0.1, 0.15) is 5.70 Å². The van der Waals surface area contributed by atoms with Gasteiger partial charge >= 0.3 is 0 Å². The fourth-order valence-electron chi connectivity index (χ4n) is 3.84. The van der Waals surface area contributed by atoms with Crippen molar-refractivity contribution in [2.24, 2.45) is 15.4 Å². The highest BCUT2D eigenvalue weighted by Gasteiger charge is 2.38. The average molecular weight is 352 g/mol. The van der Waals surface area contributed by atoms with Crippen LogP contribution in [0.1, 0.15) is 25.7 Å². The van der Waals surface area contributed by atoms with Crippen LogP contribution in [0, 0.1) is 5.41 Å². The monoisotopic (exact) mass is 352 g/mol. The van der Waals surface area contributed by atoms with Crippen molar-refractivity contribution in [1.29, 1.82) is 0 Å². The van der Waals surface area contributed by atoms with Gasteiger partial charge in [0.05, 0.1) is 5.69 Å². The van der Waals surface area contributed by atoms with Crippen molar-refractivity contribution in [3.63, 3.8) is 0 Å². The van der Waals surface area contributed by atoms with Crippen LogP contribution < -0.4 is 0 Å². The number of para-hydroxylation sites is 1. The van der Waals surface area contributed by atoms with Gasteiger partial charge < -0.3 is 9.80 Å². The molecule has 0 saturated carbocycles. The lowest BCUT2D eigenvalue weighted by molar-refractivity contribution is -0.130. The Morgan fingerprint density at radius 2 is 1.69 bits per heavy atom. The first-order chi connectivity index (χ1) is 12.6. The number of aliphatic imine (C=N–C) groups is 2. The van der Waals surface area contributed by atoms with Crippen molar-refractivity contribution in [3.8, 4) is 0 Å². The minimum absolute atomic E-state index is 0.0395. The zero-order valence-electron chi connectivity index (χ0n) is 15.6. The maximum Gasteiger partial charge on any atom is 0.272 e. The molecule has 0 aromatic heterocycles. The van der Waals surface area contributed by atoms with Crippen molar-refractivity contribution in [3.05, 3.63) is 42.1 Å². The van der Waals surface area contributed by atoms with Crippen molar-refractivity contribution in [2.45, 2.75) is 25.7 Å². The number of rotatable bonds is 4. The molecular weight excluding hydrogens is 324 g/mol. The van der Waals surface area contributed by atoms with Gasteiger partial charge in [0.2, 0.25) is 0 Å². The molecule has 0 atom stereocenters. The molecule has 1 aromatic rings. The lowest BCUT2D eigenvalue weighted by Gasteiger charge is -2.46. The topological polar surface area (TPSA) is 48.3 Å². The number of carbonyl (C=O) groups excluding carboxylic acids is 1. The van der Waals surface area contributed by atoms with Gasteiger partial charge in [-0.2, -0.15) is 0 Å². The summed E-state index contributed by atoms with van der Waals surface area (Å²) in [7, 11) is 2.19. The fraction of sp³-hybridized carbons (Fsp3) is 0.476. The van der Waals surface area contributed by atoms with Crippen LogP contribution in [0.4, 0.5) is 5.69 Å². The number of nitrogens with zero attached hydrogens (tertiary/aromatic N) is 4.